The fourth-order valence-corrected chi connectivity index (χ4v) is 1.63. The summed E-state index contributed by atoms with van der Waals surface area (Å²) in [5, 5.41) is 7.04. The summed E-state index contributed by atoms with van der Waals surface area (Å²) in [4.78, 5) is 0. The van der Waals surface area contributed by atoms with Crippen molar-refractivity contribution in [3.8, 4) is 0 Å². The molecule has 0 saturated heterocycles. The molecule has 2 nitrogen and oxygen atoms in total. The normalized spacial score (nSPS) is 10.7. The molecule has 0 spiro atoms. The maximum Gasteiger partial charge on any atom is 0.126 e. The predicted molar refractivity (Wildman–Crippen MR) is 66.5 cm³/mol. The number of hydrogen-bond donors (Lipinski definition) is 2. The van der Waals surface area contributed by atoms with Crippen LogP contribution >= 0.6 is 11.6 Å². The molecular weight excluding hydrogens is 227 g/mol. The van der Waals surface area contributed by atoms with Crippen molar-refractivity contribution < 1.29 is 4.39 Å². The third kappa shape index (κ3) is 4.92. The first-order valence-electron chi connectivity index (χ1n) is 5.59. The lowest BCUT2D eigenvalue weighted by molar-refractivity contribution is 0.589. The maximum atomic E-state index is 13.3. The lowest BCUT2D eigenvalue weighted by Gasteiger charge is -2.06. The molecule has 0 fully saturated rings. The van der Waals surface area contributed by atoms with E-state index in [0.29, 0.717) is 17.0 Å². The van der Waals surface area contributed by atoms with Crippen molar-refractivity contribution in [3.05, 3.63) is 34.6 Å². The quantitative estimate of drug-likeness (QED) is 0.719. The van der Waals surface area contributed by atoms with Gasteiger partial charge in [0, 0.05) is 18.1 Å². The van der Waals surface area contributed by atoms with E-state index in [1.165, 1.54) is 6.07 Å². The zero-order chi connectivity index (χ0) is 11.8. The number of hydrogen-bond acceptors (Lipinski definition) is 2. The highest BCUT2D eigenvalue weighted by Crippen LogP contribution is 2.14. The van der Waals surface area contributed by atoms with E-state index in [0.717, 1.165) is 26.2 Å². The van der Waals surface area contributed by atoms with Crippen LogP contribution in [0.1, 0.15) is 12.5 Å². The molecule has 0 unspecified atom stereocenters. The third-order valence-corrected chi connectivity index (χ3v) is 2.54. The van der Waals surface area contributed by atoms with Gasteiger partial charge in [-0.3, -0.25) is 0 Å². The smallest absolute Gasteiger partial charge is 0.126 e. The third-order valence-electron chi connectivity index (χ3n) is 2.31. The lowest BCUT2D eigenvalue weighted by Crippen LogP contribution is -2.28. The standard InChI is InChI=1S/C12H18ClFN2/c1-2-15-7-8-16-6-5-10-9-11(13)3-4-12(10)14/h3-4,9,15-16H,2,5-8H2,1H3. The van der Waals surface area contributed by atoms with Crippen molar-refractivity contribution in [1.82, 2.24) is 10.6 Å². The number of benzene rings is 1. The SMILES string of the molecule is CCNCCNCCc1cc(Cl)ccc1F. The van der Waals surface area contributed by atoms with Gasteiger partial charge in [-0.05, 0) is 43.3 Å². The Morgan fingerprint density at radius 1 is 1.19 bits per heavy atom. The Labute approximate surface area is 101 Å². The summed E-state index contributed by atoms with van der Waals surface area (Å²) >= 11 is 5.80. The summed E-state index contributed by atoms with van der Waals surface area (Å²) in [6.45, 7) is 5.65. The molecule has 4 heteroatoms. The Balaban J connectivity index is 2.23. The second kappa shape index (κ2) is 7.60. The van der Waals surface area contributed by atoms with Crippen molar-refractivity contribution in [1.29, 1.82) is 0 Å². The zero-order valence-corrected chi connectivity index (χ0v) is 10.3. The molecule has 1 rings (SSSR count). The van der Waals surface area contributed by atoms with Gasteiger partial charge in [0.15, 0.2) is 0 Å². The van der Waals surface area contributed by atoms with E-state index in [9.17, 15) is 4.39 Å². The van der Waals surface area contributed by atoms with E-state index in [-0.39, 0.29) is 5.82 Å². The summed E-state index contributed by atoms with van der Waals surface area (Å²) in [6, 6.07) is 4.66. The van der Waals surface area contributed by atoms with Gasteiger partial charge in [0.25, 0.3) is 0 Å². The van der Waals surface area contributed by atoms with Crippen LogP contribution in [0.3, 0.4) is 0 Å². The molecule has 0 heterocycles. The summed E-state index contributed by atoms with van der Waals surface area (Å²) < 4.78 is 13.3. The number of likely N-dealkylation sites (N-methyl/N-ethyl adjacent to an activating group) is 1. The summed E-state index contributed by atoms with van der Waals surface area (Å²) in [7, 11) is 0. The molecule has 0 bridgehead atoms. The van der Waals surface area contributed by atoms with Crippen LogP contribution in [0.5, 0.6) is 0 Å². The van der Waals surface area contributed by atoms with Crippen LogP contribution in [0, 0.1) is 5.82 Å². The number of halogens is 2. The van der Waals surface area contributed by atoms with Crippen molar-refractivity contribution in [2.75, 3.05) is 26.2 Å². The van der Waals surface area contributed by atoms with E-state index in [1.54, 1.807) is 12.1 Å². The van der Waals surface area contributed by atoms with Gasteiger partial charge >= 0.3 is 0 Å². The summed E-state index contributed by atoms with van der Waals surface area (Å²) in [5.74, 6) is -0.183. The van der Waals surface area contributed by atoms with E-state index >= 15 is 0 Å². The molecule has 2 N–H and O–H groups in total. The molecule has 1 aromatic rings. The van der Waals surface area contributed by atoms with E-state index in [1.807, 2.05) is 0 Å². The van der Waals surface area contributed by atoms with Gasteiger partial charge in [-0.1, -0.05) is 18.5 Å². The van der Waals surface area contributed by atoms with Gasteiger partial charge in [-0.15, -0.1) is 0 Å². The fraction of sp³-hybridized carbons (Fsp3) is 0.500. The highest BCUT2D eigenvalue weighted by molar-refractivity contribution is 6.30. The van der Waals surface area contributed by atoms with Crippen molar-refractivity contribution in [3.63, 3.8) is 0 Å². The predicted octanol–water partition coefficient (Wildman–Crippen LogP) is 2.22. The van der Waals surface area contributed by atoms with Crippen molar-refractivity contribution >= 4 is 11.6 Å². The molecule has 1 aromatic carbocycles. The first-order chi connectivity index (χ1) is 7.74. The van der Waals surface area contributed by atoms with Crippen LogP contribution in [0.25, 0.3) is 0 Å². The highest BCUT2D eigenvalue weighted by atomic mass is 35.5. The van der Waals surface area contributed by atoms with Crippen LogP contribution in [-0.2, 0) is 6.42 Å². The van der Waals surface area contributed by atoms with E-state index in [2.05, 4.69) is 17.6 Å². The van der Waals surface area contributed by atoms with Crippen molar-refractivity contribution in [2.24, 2.45) is 0 Å². The average molecular weight is 245 g/mol. The minimum atomic E-state index is -0.183. The van der Waals surface area contributed by atoms with Gasteiger partial charge in [-0.2, -0.15) is 0 Å². The van der Waals surface area contributed by atoms with Gasteiger partial charge in [0.1, 0.15) is 5.82 Å². The molecule has 16 heavy (non-hydrogen) atoms. The lowest BCUT2D eigenvalue weighted by atomic mass is 10.1. The Morgan fingerprint density at radius 2 is 1.94 bits per heavy atom. The van der Waals surface area contributed by atoms with Gasteiger partial charge in [-0.25, -0.2) is 4.39 Å². The molecular formula is C12H18ClFN2. The Morgan fingerprint density at radius 3 is 2.69 bits per heavy atom. The van der Waals surface area contributed by atoms with Crippen LogP contribution < -0.4 is 10.6 Å². The Bertz CT molecular complexity index is 318. The topological polar surface area (TPSA) is 24.1 Å². The largest absolute Gasteiger partial charge is 0.316 e. The first-order valence-corrected chi connectivity index (χ1v) is 5.97. The van der Waals surface area contributed by atoms with Crippen LogP contribution in [-0.4, -0.2) is 26.2 Å². The first kappa shape index (κ1) is 13.4. The number of rotatable bonds is 7. The van der Waals surface area contributed by atoms with Gasteiger partial charge in [0.05, 0.1) is 0 Å². The molecule has 0 radical (unpaired) electrons. The summed E-state index contributed by atoms with van der Waals surface area (Å²) in [6.07, 6.45) is 0.665. The van der Waals surface area contributed by atoms with Crippen LogP contribution in [0.15, 0.2) is 18.2 Å². The molecule has 0 saturated carbocycles. The van der Waals surface area contributed by atoms with Crippen molar-refractivity contribution in [2.45, 2.75) is 13.3 Å². The second-order valence-corrected chi connectivity index (χ2v) is 4.03. The minimum absolute atomic E-state index is 0.183. The molecule has 0 amide bonds. The average Bonchev–Trinajstić information content (AvgIpc) is 2.28. The van der Waals surface area contributed by atoms with Gasteiger partial charge < -0.3 is 10.6 Å². The van der Waals surface area contributed by atoms with Crippen LogP contribution in [0.2, 0.25) is 5.02 Å². The molecule has 0 aliphatic carbocycles. The van der Waals surface area contributed by atoms with Crippen LogP contribution in [0.4, 0.5) is 4.39 Å². The Hall–Kier alpha value is -0.640. The van der Waals surface area contributed by atoms with E-state index < -0.39 is 0 Å². The molecule has 90 valence electrons. The molecule has 0 atom stereocenters. The van der Waals surface area contributed by atoms with E-state index in [4.69, 9.17) is 11.6 Å². The zero-order valence-electron chi connectivity index (χ0n) is 9.52. The summed E-state index contributed by atoms with van der Waals surface area (Å²) in [5.41, 5.74) is 0.670. The molecule has 0 aliphatic heterocycles. The maximum absolute atomic E-state index is 13.3. The highest BCUT2D eigenvalue weighted by Gasteiger charge is 2.02. The molecule has 0 aromatic heterocycles. The fourth-order valence-electron chi connectivity index (χ4n) is 1.44. The monoisotopic (exact) mass is 244 g/mol. The Kier molecular flexibility index (Phi) is 6.38. The number of nitrogens with one attached hydrogen (secondary N) is 2. The van der Waals surface area contributed by atoms with Gasteiger partial charge in [0.2, 0.25) is 0 Å². The minimum Gasteiger partial charge on any atom is -0.316 e. The molecule has 0 aliphatic rings. The second-order valence-electron chi connectivity index (χ2n) is 3.59.